The van der Waals surface area contributed by atoms with Crippen molar-refractivity contribution in [3.8, 4) is 5.75 Å². The standard InChI is InChI=1S/C16H18N2O3/c1-11-9-16(18(19)20)12(2)8-15(11)17-10-13-4-6-14(21-3)7-5-13/h4-9,17H,10H2,1-3H3. The summed E-state index contributed by atoms with van der Waals surface area (Å²) in [7, 11) is 1.64. The van der Waals surface area contributed by atoms with Crippen molar-refractivity contribution in [1.29, 1.82) is 0 Å². The van der Waals surface area contributed by atoms with Gasteiger partial charge in [-0.2, -0.15) is 0 Å². The number of hydrogen-bond acceptors (Lipinski definition) is 4. The minimum absolute atomic E-state index is 0.155. The lowest BCUT2D eigenvalue weighted by atomic mass is 10.1. The topological polar surface area (TPSA) is 64.4 Å². The number of aryl methyl sites for hydroxylation is 2. The first-order chi connectivity index (χ1) is 10.0. The van der Waals surface area contributed by atoms with E-state index in [1.165, 1.54) is 0 Å². The molecule has 0 unspecified atom stereocenters. The van der Waals surface area contributed by atoms with E-state index in [0.29, 0.717) is 12.1 Å². The van der Waals surface area contributed by atoms with Crippen molar-refractivity contribution in [3.63, 3.8) is 0 Å². The Balaban J connectivity index is 2.12. The van der Waals surface area contributed by atoms with Gasteiger partial charge >= 0.3 is 0 Å². The molecule has 0 aliphatic heterocycles. The molecule has 21 heavy (non-hydrogen) atoms. The number of ether oxygens (including phenoxy) is 1. The third-order valence-electron chi connectivity index (χ3n) is 3.38. The number of methoxy groups -OCH3 is 1. The molecule has 2 rings (SSSR count). The van der Waals surface area contributed by atoms with E-state index >= 15 is 0 Å². The Morgan fingerprint density at radius 3 is 2.38 bits per heavy atom. The van der Waals surface area contributed by atoms with Gasteiger partial charge in [0.1, 0.15) is 5.75 Å². The Kier molecular flexibility index (Phi) is 4.42. The van der Waals surface area contributed by atoms with Gasteiger partial charge in [0.15, 0.2) is 0 Å². The number of nitrogens with zero attached hydrogens (tertiary/aromatic N) is 1. The summed E-state index contributed by atoms with van der Waals surface area (Å²) in [5.74, 6) is 0.820. The van der Waals surface area contributed by atoms with Gasteiger partial charge in [0.25, 0.3) is 5.69 Å². The van der Waals surface area contributed by atoms with E-state index < -0.39 is 0 Å². The van der Waals surface area contributed by atoms with Crippen LogP contribution in [0.2, 0.25) is 0 Å². The van der Waals surface area contributed by atoms with Crippen molar-refractivity contribution in [1.82, 2.24) is 0 Å². The van der Waals surface area contributed by atoms with Crippen molar-refractivity contribution >= 4 is 11.4 Å². The van der Waals surface area contributed by atoms with Crippen LogP contribution in [0.3, 0.4) is 0 Å². The summed E-state index contributed by atoms with van der Waals surface area (Å²) in [6.07, 6.45) is 0. The van der Waals surface area contributed by atoms with Crippen molar-refractivity contribution in [3.05, 3.63) is 63.2 Å². The summed E-state index contributed by atoms with van der Waals surface area (Å²) in [6, 6.07) is 11.2. The number of rotatable bonds is 5. The number of benzene rings is 2. The van der Waals surface area contributed by atoms with E-state index in [9.17, 15) is 10.1 Å². The molecule has 0 amide bonds. The van der Waals surface area contributed by atoms with E-state index in [-0.39, 0.29) is 10.6 Å². The molecule has 1 N–H and O–H groups in total. The normalized spacial score (nSPS) is 10.2. The summed E-state index contributed by atoms with van der Waals surface area (Å²) in [4.78, 5) is 10.5. The number of nitro benzene ring substituents is 1. The highest BCUT2D eigenvalue weighted by molar-refractivity contribution is 5.59. The molecule has 0 atom stereocenters. The maximum absolute atomic E-state index is 10.9. The van der Waals surface area contributed by atoms with Crippen LogP contribution in [0, 0.1) is 24.0 Å². The van der Waals surface area contributed by atoms with Gasteiger partial charge in [-0.05, 0) is 43.2 Å². The summed E-state index contributed by atoms with van der Waals surface area (Å²) in [6.45, 7) is 4.26. The zero-order chi connectivity index (χ0) is 15.4. The van der Waals surface area contributed by atoms with Gasteiger partial charge in [-0.25, -0.2) is 0 Å². The first kappa shape index (κ1) is 14.8. The molecule has 0 aliphatic carbocycles. The highest BCUT2D eigenvalue weighted by Crippen LogP contribution is 2.26. The van der Waals surface area contributed by atoms with Crippen LogP contribution in [0.5, 0.6) is 5.75 Å². The fraction of sp³-hybridized carbons (Fsp3) is 0.250. The van der Waals surface area contributed by atoms with Gasteiger partial charge in [0, 0.05) is 23.9 Å². The summed E-state index contributed by atoms with van der Waals surface area (Å²) >= 11 is 0. The molecular formula is C16H18N2O3. The van der Waals surface area contributed by atoms with E-state index in [0.717, 1.165) is 22.6 Å². The van der Waals surface area contributed by atoms with Crippen molar-refractivity contribution in [2.75, 3.05) is 12.4 Å². The second kappa shape index (κ2) is 6.26. The second-order valence-corrected chi connectivity index (χ2v) is 4.91. The first-order valence-electron chi connectivity index (χ1n) is 6.63. The Bertz CT molecular complexity index is 651. The minimum atomic E-state index is -0.352. The lowest BCUT2D eigenvalue weighted by molar-refractivity contribution is -0.385. The van der Waals surface area contributed by atoms with Gasteiger partial charge < -0.3 is 10.1 Å². The third-order valence-corrected chi connectivity index (χ3v) is 3.38. The molecule has 2 aromatic rings. The van der Waals surface area contributed by atoms with Gasteiger partial charge in [0.2, 0.25) is 0 Å². The molecule has 0 saturated carbocycles. The third kappa shape index (κ3) is 3.51. The zero-order valence-electron chi connectivity index (χ0n) is 12.3. The number of nitro groups is 1. The number of anilines is 1. The Morgan fingerprint density at radius 1 is 1.14 bits per heavy atom. The maximum atomic E-state index is 10.9. The molecule has 0 spiro atoms. The molecule has 5 nitrogen and oxygen atoms in total. The Morgan fingerprint density at radius 2 is 1.81 bits per heavy atom. The van der Waals surface area contributed by atoms with E-state index in [4.69, 9.17) is 4.74 Å². The fourth-order valence-corrected chi connectivity index (χ4v) is 2.13. The second-order valence-electron chi connectivity index (χ2n) is 4.91. The number of nitrogens with one attached hydrogen (secondary N) is 1. The molecule has 0 fully saturated rings. The average Bonchev–Trinajstić information content (AvgIpc) is 2.48. The molecule has 5 heteroatoms. The van der Waals surface area contributed by atoms with Crippen molar-refractivity contribution in [2.24, 2.45) is 0 Å². The van der Waals surface area contributed by atoms with Crippen LogP contribution in [0.25, 0.3) is 0 Å². The van der Waals surface area contributed by atoms with Crippen LogP contribution >= 0.6 is 0 Å². The van der Waals surface area contributed by atoms with Crippen LogP contribution in [-0.2, 0) is 6.54 Å². The first-order valence-corrected chi connectivity index (χ1v) is 6.63. The monoisotopic (exact) mass is 286 g/mol. The van der Waals surface area contributed by atoms with Crippen LogP contribution in [0.1, 0.15) is 16.7 Å². The maximum Gasteiger partial charge on any atom is 0.272 e. The molecule has 0 aliphatic rings. The Hall–Kier alpha value is -2.56. The summed E-state index contributed by atoms with van der Waals surface area (Å²) in [5, 5.41) is 14.2. The summed E-state index contributed by atoms with van der Waals surface area (Å²) < 4.78 is 5.12. The lowest BCUT2D eigenvalue weighted by Crippen LogP contribution is -2.03. The van der Waals surface area contributed by atoms with Crippen molar-refractivity contribution in [2.45, 2.75) is 20.4 Å². The number of hydrogen-bond donors (Lipinski definition) is 1. The average molecular weight is 286 g/mol. The molecule has 0 bridgehead atoms. The Labute approximate surface area is 123 Å². The van der Waals surface area contributed by atoms with Gasteiger partial charge in [-0.15, -0.1) is 0 Å². The van der Waals surface area contributed by atoms with Gasteiger partial charge in [-0.3, -0.25) is 10.1 Å². The summed E-state index contributed by atoms with van der Waals surface area (Å²) in [5.41, 5.74) is 3.70. The highest BCUT2D eigenvalue weighted by atomic mass is 16.6. The van der Waals surface area contributed by atoms with Crippen LogP contribution < -0.4 is 10.1 Å². The van der Waals surface area contributed by atoms with Gasteiger partial charge in [0.05, 0.1) is 12.0 Å². The SMILES string of the molecule is COc1ccc(CNc2cc(C)c([N+](=O)[O-])cc2C)cc1. The fourth-order valence-electron chi connectivity index (χ4n) is 2.13. The highest BCUT2D eigenvalue weighted by Gasteiger charge is 2.13. The largest absolute Gasteiger partial charge is 0.497 e. The molecule has 2 aromatic carbocycles. The predicted octanol–water partition coefficient (Wildman–Crippen LogP) is 3.83. The van der Waals surface area contributed by atoms with Crippen LogP contribution in [0.15, 0.2) is 36.4 Å². The molecular weight excluding hydrogens is 268 g/mol. The van der Waals surface area contributed by atoms with Gasteiger partial charge in [-0.1, -0.05) is 12.1 Å². The minimum Gasteiger partial charge on any atom is -0.497 e. The van der Waals surface area contributed by atoms with Crippen molar-refractivity contribution < 1.29 is 9.66 Å². The zero-order valence-corrected chi connectivity index (χ0v) is 12.3. The van der Waals surface area contributed by atoms with Crippen LogP contribution in [-0.4, -0.2) is 12.0 Å². The smallest absolute Gasteiger partial charge is 0.272 e. The molecule has 0 saturated heterocycles. The van der Waals surface area contributed by atoms with E-state index in [2.05, 4.69) is 5.32 Å². The van der Waals surface area contributed by atoms with E-state index in [1.807, 2.05) is 37.3 Å². The molecule has 0 radical (unpaired) electrons. The predicted molar refractivity (Wildman–Crippen MR) is 82.9 cm³/mol. The lowest BCUT2D eigenvalue weighted by Gasteiger charge is -2.11. The molecule has 0 aromatic heterocycles. The van der Waals surface area contributed by atoms with Crippen LogP contribution in [0.4, 0.5) is 11.4 Å². The molecule has 110 valence electrons. The van der Waals surface area contributed by atoms with E-state index in [1.54, 1.807) is 20.1 Å². The quantitative estimate of drug-likeness (QED) is 0.670. The molecule has 0 heterocycles.